The van der Waals surface area contributed by atoms with Gasteiger partial charge in [-0.3, -0.25) is 4.79 Å². The Bertz CT molecular complexity index is 1690. The molecule has 0 spiro atoms. The van der Waals surface area contributed by atoms with E-state index in [-0.39, 0.29) is 13.2 Å². The lowest BCUT2D eigenvalue weighted by molar-refractivity contribution is -0.145. The maximum absolute atomic E-state index is 13.5. The van der Waals surface area contributed by atoms with Crippen LogP contribution in [-0.4, -0.2) is 49.3 Å². The molecule has 9 heteroatoms. The molecule has 9 nitrogen and oxygen atoms in total. The van der Waals surface area contributed by atoms with Crippen LogP contribution in [0.3, 0.4) is 0 Å². The molecular formula is C32H33N3O6. The Morgan fingerprint density at radius 2 is 1.29 bits per heavy atom. The predicted molar refractivity (Wildman–Crippen MR) is 158 cm³/mol. The monoisotopic (exact) mass is 555 g/mol. The molecule has 3 N–H and O–H groups in total. The molecule has 2 unspecified atom stereocenters. The lowest BCUT2D eigenvalue weighted by Gasteiger charge is -2.24. The van der Waals surface area contributed by atoms with Gasteiger partial charge in [-0.25, -0.2) is 4.79 Å². The van der Waals surface area contributed by atoms with Gasteiger partial charge < -0.3 is 34.2 Å². The maximum Gasteiger partial charge on any atom is 0.333 e. The molecule has 0 saturated heterocycles. The zero-order valence-electron chi connectivity index (χ0n) is 23.4. The summed E-state index contributed by atoms with van der Waals surface area (Å²) in [6, 6.07) is 18.1. The van der Waals surface area contributed by atoms with Crippen LogP contribution in [0, 0.1) is 0 Å². The molecule has 41 heavy (non-hydrogen) atoms. The first-order valence-corrected chi connectivity index (χ1v) is 13.5. The highest BCUT2D eigenvalue weighted by Crippen LogP contribution is 2.43. The summed E-state index contributed by atoms with van der Waals surface area (Å²) in [4.78, 5) is 33.3. The Kier molecular flexibility index (Phi) is 8.14. The number of anilines is 1. The molecule has 0 aliphatic heterocycles. The third-order valence-electron chi connectivity index (χ3n) is 7.07. The fourth-order valence-electron chi connectivity index (χ4n) is 5.22. The molecule has 3 aromatic carbocycles. The van der Waals surface area contributed by atoms with E-state index in [1.54, 1.807) is 32.2 Å². The second-order valence-corrected chi connectivity index (χ2v) is 9.39. The maximum atomic E-state index is 13.5. The normalized spacial score (nSPS) is 12.6. The zero-order chi connectivity index (χ0) is 28.9. The molecule has 0 radical (unpaired) electrons. The minimum atomic E-state index is -0.865. The van der Waals surface area contributed by atoms with Crippen LogP contribution in [-0.2, 0) is 19.1 Å². The van der Waals surface area contributed by atoms with Crippen molar-refractivity contribution < 1.29 is 28.5 Å². The van der Waals surface area contributed by atoms with Gasteiger partial charge in [0.15, 0.2) is 6.04 Å². The Morgan fingerprint density at radius 3 is 1.90 bits per heavy atom. The van der Waals surface area contributed by atoms with Crippen LogP contribution in [0.2, 0.25) is 0 Å². The largest absolute Gasteiger partial charge is 0.496 e. The van der Waals surface area contributed by atoms with Gasteiger partial charge in [0.25, 0.3) is 0 Å². The molecule has 0 aliphatic rings. The summed E-state index contributed by atoms with van der Waals surface area (Å²) in [6.45, 7) is 3.97. The molecule has 0 bridgehead atoms. The molecule has 5 aromatic rings. The Labute approximate surface area is 237 Å². The van der Waals surface area contributed by atoms with Crippen LogP contribution >= 0.6 is 0 Å². The number of hydrogen-bond donors (Lipinski definition) is 3. The van der Waals surface area contributed by atoms with Crippen molar-refractivity contribution >= 4 is 39.4 Å². The number of H-pyrrole nitrogens is 2. The number of aromatic nitrogens is 2. The first-order chi connectivity index (χ1) is 20.0. The average Bonchev–Trinajstić information content (AvgIpc) is 3.61. The first kappa shape index (κ1) is 27.6. The summed E-state index contributed by atoms with van der Waals surface area (Å²) in [6.07, 6.45) is 3.61. The standard InChI is InChI=1S/C32H33N3O6/c1-5-40-31(36)29(22-17-33-24-13-9-7-11-19(22)24)21-15-26(28(39-4)16-27(21)38-3)35-30(32(37)41-6-2)23-18-34-25-14-10-8-12-20(23)25/h7-18,29-30,33-35H,5-6H2,1-4H3. The highest BCUT2D eigenvalue weighted by atomic mass is 16.5. The molecule has 0 amide bonds. The highest BCUT2D eigenvalue weighted by Gasteiger charge is 2.32. The summed E-state index contributed by atoms with van der Waals surface area (Å²) in [5.41, 5.74) is 4.29. The molecule has 0 saturated carbocycles. The van der Waals surface area contributed by atoms with Gasteiger partial charge in [0.2, 0.25) is 0 Å². The van der Waals surface area contributed by atoms with E-state index in [9.17, 15) is 9.59 Å². The van der Waals surface area contributed by atoms with E-state index < -0.39 is 23.9 Å². The average molecular weight is 556 g/mol. The number of ether oxygens (including phenoxy) is 4. The van der Waals surface area contributed by atoms with E-state index in [1.165, 1.54) is 14.2 Å². The number of hydrogen-bond acceptors (Lipinski definition) is 7. The molecule has 212 valence electrons. The summed E-state index contributed by atoms with van der Waals surface area (Å²) in [5.74, 6) is -0.820. The number of aromatic amines is 2. The number of carbonyl (C=O) groups is 2. The van der Waals surface area contributed by atoms with Crippen LogP contribution in [0.4, 0.5) is 5.69 Å². The van der Waals surface area contributed by atoms with Crippen molar-refractivity contribution in [2.45, 2.75) is 25.8 Å². The van der Waals surface area contributed by atoms with Gasteiger partial charge in [0, 0.05) is 51.4 Å². The number of carbonyl (C=O) groups excluding carboxylic acids is 2. The van der Waals surface area contributed by atoms with Gasteiger partial charge in [0.1, 0.15) is 17.4 Å². The minimum absolute atomic E-state index is 0.215. The molecule has 0 aliphatic carbocycles. The highest BCUT2D eigenvalue weighted by molar-refractivity contribution is 5.94. The van der Waals surface area contributed by atoms with Crippen molar-refractivity contribution in [2.75, 3.05) is 32.8 Å². The molecule has 0 fully saturated rings. The van der Waals surface area contributed by atoms with Crippen LogP contribution in [0.5, 0.6) is 11.5 Å². The van der Waals surface area contributed by atoms with Crippen LogP contribution in [0.15, 0.2) is 73.1 Å². The van der Waals surface area contributed by atoms with Crippen molar-refractivity contribution in [3.05, 3.63) is 89.7 Å². The van der Waals surface area contributed by atoms with E-state index in [0.717, 1.165) is 32.9 Å². The van der Waals surface area contributed by atoms with Crippen molar-refractivity contribution in [3.63, 3.8) is 0 Å². The van der Waals surface area contributed by atoms with Gasteiger partial charge in [-0.2, -0.15) is 0 Å². The van der Waals surface area contributed by atoms with E-state index in [1.807, 2.05) is 54.7 Å². The topological polar surface area (TPSA) is 115 Å². The van der Waals surface area contributed by atoms with Gasteiger partial charge in [-0.1, -0.05) is 36.4 Å². The van der Waals surface area contributed by atoms with E-state index >= 15 is 0 Å². The number of nitrogens with one attached hydrogen (secondary N) is 3. The van der Waals surface area contributed by atoms with E-state index in [2.05, 4.69) is 15.3 Å². The number of methoxy groups -OCH3 is 2. The molecule has 2 atom stereocenters. The summed E-state index contributed by atoms with van der Waals surface area (Å²) in [5, 5.41) is 5.12. The minimum Gasteiger partial charge on any atom is -0.496 e. The predicted octanol–water partition coefficient (Wildman–Crippen LogP) is 6.08. The lowest BCUT2D eigenvalue weighted by atomic mass is 9.89. The smallest absolute Gasteiger partial charge is 0.333 e. The van der Waals surface area contributed by atoms with Crippen molar-refractivity contribution in [1.82, 2.24) is 9.97 Å². The van der Waals surface area contributed by atoms with Crippen LogP contribution < -0.4 is 14.8 Å². The lowest BCUT2D eigenvalue weighted by Crippen LogP contribution is -2.24. The number of rotatable bonds is 11. The third-order valence-corrected chi connectivity index (χ3v) is 7.07. The van der Waals surface area contributed by atoms with Crippen molar-refractivity contribution in [1.29, 1.82) is 0 Å². The second kappa shape index (κ2) is 12.1. The fourth-order valence-corrected chi connectivity index (χ4v) is 5.22. The molecular weight excluding hydrogens is 522 g/mol. The van der Waals surface area contributed by atoms with Gasteiger partial charge in [-0.15, -0.1) is 0 Å². The van der Waals surface area contributed by atoms with Crippen LogP contribution in [0.25, 0.3) is 21.8 Å². The number of benzene rings is 3. The zero-order valence-corrected chi connectivity index (χ0v) is 23.4. The molecule has 5 rings (SSSR count). The van der Waals surface area contributed by atoms with Gasteiger partial charge in [-0.05, 0) is 37.6 Å². The van der Waals surface area contributed by atoms with Gasteiger partial charge in [0.05, 0.1) is 33.1 Å². The summed E-state index contributed by atoms with van der Waals surface area (Å²) in [7, 11) is 3.07. The third kappa shape index (κ3) is 5.30. The van der Waals surface area contributed by atoms with Gasteiger partial charge >= 0.3 is 11.9 Å². The Hall–Kier alpha value is -4.92. The van der Waals surface area contributed by atoms with E-state index in [4.69, 9.17) is 18.9 Å². The Balaban J connectivity index is 1.67. The van der Waals surface area contributed by atoms with Crippen molar-refractivity contribution in [2.24, 2.45) is 0 Å². The number of esters is 2. The van der Waals surface area contributed by atoms with Crippen LogP contribution in [0.1, 0.15) is 42.5 Å². The fraction of sp³-hybridized carbons (Fsp3) is 0.250. The summed E-state index contributed by atoms with van der Waals surface area (Å²) < 4.78 is 22.5. The number of para-hydroxylation sites is 2. The molecule has 2 aromatic heterocycles. The summed E-state index contributed by atoms with van der Waals surface area (Å²) >= 11 is 0. The SMILES string of the molecule is CCOC(=O)C(Nc1cc(C(C(=O)OCC)c2c[nH]c3ccccc23)c(OC)cc1OC)c1c[nH]c2ccccc12. The molecule has 2 heterocycles. The Morgan fingerprint density at radius 1 is 0.732 bits per heavy atom. The quantitative estimate of drug-likeness (QED) is 0.169. The second-order valence-electron chi connectivity index (χ2n) is 9.39. The number of fused-ring (bicyclic) bond motifs is 2. The van der Waals surface area contributed by atoms with Crippen molar-refractivity contribution in [3.8, 4) is 11.5 Å². The first-order valence-electron chi connectivity index (χ1n) is 13.5. The van der Waals surface area contributed by atoms with E-state index in [0.29, 0.717) is 22.7 Å².